The van der Waals surface area contributed by atoms with E-state index in [1.54, 1.807) is 4.90 Å². The van der Waals surface area contributed by atoms with Crippen LogP contribution in [0, 0.1) is 5.92 Å². The maximum atomic E-state index is 12.7. The first-order valence-corrected chi connectivity index (χ1v) is 8.80. The summed E-state index contributed by atoms with van der Waals surface area (Å²) in [4.78, 5) is 26.5. The Morgan fingerprint density at radius 1 is 1.39 bits per heavy atom. The van der Waals surface area contributed by atoms with Crippen molar-refractivity contribution in [3.05, 3.63) is 16.4 Å². The van der Waals surface area contributed by atoms with Gasteiger partial charge in [-0.1, -0.05) is 18.5 Å². The van der Waals surface area contributed by atoms with E-state index in [1.807, 2.05) is 6.92 Å². The van der Waals surface area contributed by atoms with Crippen LogP contribution in [0.2, 0.25) is 5.02 Å². The summed E-state index contributed by atoms with van der Waals surface area (Å²) in [5.74, 6) is 0.146. The van der Waals surface area contributed by atoms with Crippen molar-refractivity contribution in [3.63, 3.8) is 0 Å². The fraction of sp³-hybridized carbons (Fsp3) is 0.688. The third-order valence-corrected chi connectivity index (χ3v) is 4.93. The quantitative estimate of drug-likeness (QED) is 0.864. The topological polar surface area (TPSA) is 78.1 Å². The van der Waals surface area contributed by atoms with E-state index in [4.69, 9.17) is 11.6 Å². The van der Waals surface area contributed by atoms with Crippen LogP contribution in [0.5, 0.6) is 0 Å². The number of piperidine rings is 1. The van der Waals surface area contributed by atoms with E-state index in [1.165, 1.54) is 0 Å². The Balaban J connectivity index is 1.66. The normalized spacial score (nSPS) is 21.3. The van der Waals surface area contributed by atoms with Crippen LogP contribution in [0.3, 0.4) is 0 Å². The largest absolute Gasteiger partial charge is 0.356 e. The minimum Gasteiger partial charge on any atom is -0.356 e. The van der Waals surface area contributed by atoms with E-state index in [0.717, 1.165) is 37.8 Å². The SMILES string of the molecule is CCCNC(=O)[C@@H]1CCCN(C(=O)c2n[nH]c(C3CC3)c2Cl)C1. The van der Waals surface area contributed by atoms with Gasteiger partial charge in [-0.25, -0.2) is 0 Å². The van der Waals surface area contributed by atoms with Crippen LogP contribution < -0.4 is 5.32 Å². The van der Waals surface area contributed by atoms with Crippen LogP contribution in [0.1, 0.15) is 61.1 Å². The highest BCUT2D eigenvalue weighted by molar-refractivity contribution is 6.34. The molecule has 6 nitrogen and oxygen atoms in total. The third kappa shape index (κ3) is 3.52. The highest BCUT2D eigenvalue weighted by Gasteiger charge is 2.34. The Hall–Kier alpha value is -1.56. The molecule has 23 heavy (non-hydrogen) atoms. The van der Waals surface area contributed by atoms with E-state index < -0.39 is 0 Å². The molecule has 2 aliphatic rings. The Bertz CT molecular complexity index is 597. The summed E-state index contributed by atoms with van der Waals surface area (Å²) in [7, 11) is 0. The van der Waals surface area contributed by atoms with Crippen LogP contribution in [0.25, 0.3) is 0 Å². The second kappa shape index (κ2) is 6.91. The molecule has 7 heteroatoms. The number of carbonyl (C=O) groups excluding carboxylic acids is 2. The van der Waals surface area contributed by atoms with E-state index in [2.05, 4.69) is 15.5 Å². The first kappa shape index (κ1) is 16.3. The number of H-pyrrole nitrogens is 1. The van der Waals surface area contributed by atoms with Crippen LogP contribution in [0.15, 0.2) is 0 Å². The highest BCUT2D eigenvalue weighted by atomic mass is 35.5. The van der Waals surface area contributed by atoms with Gasteiger partial charge in [-0.2, -0.15) is 5.10 Å². The maximum absolute atomic E-state index is 12.7. The molecule has 2 fully saturated rings. The molecule has 126 valence electrons. The highest BCUT2D eigenvalue weighted by Crippen LogP contribution is 2.43. The fourth-order valence-corrected chi connectivity index (χ4v) is 3.36. The summed E-state index contributed by atoms with van der Waals surface area (Å²) in [6.07, 6.45) is 4.75. The summed E-state index contributed by atoms with van der Waals surface area (Å²) in [6.45, 7) is 3.79. The molecule has 1 aliphatic heterocycles. The summed E-state index contributed by atoms with van der Waals surface area (Å²) < 4.78 is 0. The molecule has 3 rings (SSSR count). The number of hydrogen-bond donors (Lipinski definition) is 2. The molecular weight excluding hydrogens is 316 g/mol. The van der Waals surface area contributed by atoms with Crippen LogP contribution in [0.4, 0.5) is 0 Å². The number of nitrogens with zero attached hydrogens (tertiary/aromatic N) is 2. The number of carbonyl (C=O) groups is 2. The van der Waals surface area contributed by atoms with Crippen molar-refractivity contribution < 1.29 is 9.59 Å². The molecular formula is C16H23ClN4O2. The van der Waals surface area contributed by atoms with Gasteiger partial charge < -0.3 is 10.2 Å². The summed E-state index contributed by atoms with van der Waals surface area (Å²) >= 11 is 6.32. The third-order valence-electron chi connectivity index (χ3n) is 4.55. The Labute approximate surface area is 140 Å². The van der Waals surface area contributed by atoms with Crippen molar-refractivity contribution in [1.82, 2.24) is 20.4 Å². The van der Waals surface area contributed by atoms with Crippen LogP contribution in [-0.2, 0) is 4.79 Å². The van der Waals surface area contributed by atoms with E-state index in [-0.39, 0.29) is 17.7 Å². The zero-order valence-corrected chi connectivity index (χ0v) is 14.2. The first-order valence-electron chi connectivity index (χ1n) is 8.42. The molecule has 2 amide bonds. The van der Waals surface area contributed by atoms with Gasteiger partial charge in [-0.3, -0.25) is 14.7 Å². The predicted molar refractivity (Wildman–Crippen MR) is 87.5 cm³/mol. The number of halogens is 1. The zero-order valence-electron chi connectivity index (χ0n) is 13.4. The Kier molecular flexibility index (Phi) is 4.90. The van der Waals surface area contributed by atoms with Gasteiger partial charge in [0, 0.05) is 25.6 Å². The van der Waals surface area contributed by atoms with E-state index in [9.17, 15) is 9.59 Å². The lowest BCUT2D eigenvalue weighted by Gasteiger charge is -2.31. The van der Waals surface area contributed by atoms with Crippen LogP contribution in [-0.4, -0.2) is 46.5 Å². The van der Waals surface area contributed by atoms with Gasteiger partial charge in [-0.15, -0.1) is 0 Å². The van der Waals surface area contributed by atoms with Gasteiger partial charge in [0.2, 0.25) is 5.91 Å². The molecule has 1 saturated heterocycles. The lowest BCUT2D eigenvalue weighted by Crippen LogP contribution is -2.45. The standard InChI is InChI=1S/C16H23ClN4O2/c1-2-7-18-15(22)11-4-3-8-21(9-11)16(23)14-12(17)13(19-20-14)10-5-6-10/h10-11H,2-9H2,1H3,(H,18,22)(H,19,20)/t11-/m1/s1. The number of aromatic nitrogens is 2. The lowest BCUT2D eigenvalue weighted by molar-refractivity contribution is -0.126. The zero-order chi connectivity index (χ0) is 16.4. The molecule has 1 aliphatic carbocycles. The molecule has 0 aromatic carbocycles. The van der Waals surface area contributed by atoms with Gasteiger partial charge in [0.25, 0.3) is 5.91 Å². The van der Waals surface area contributed by atoms with Gasteiger partial charge in [-0.05, 0) is 32.1 Å². The second-order valence-corrected chi connectivity index (χ2v) is 6.83. The second-order valence-electron chi connectivity index (χ2n) is 6.46. The minimum absolute atomic E-state index is 0.0381. The van der Waals surface area contributed by atoms with Crippen molar-refractivity contribution >= 4 is 23.4 Å². The average Bonchev–Trinajstić information content (AvgIpc) is 3.34. The van der Waals surface area contributed by atoms with E-state index in [0.29, 0.717) is 36.3 Å². The van der Waals surface area contributed by atoms with Crippen molar-refractivity contribution in [2.45, 2.75) is 44.9 Å². The lowest BCUT2D eigenvalue weighted by atomic mass is 9.97. The Morgan fingerprint density at radius 3 is 2.87 bits per heavy atom. The average molecular weight is 339 g/mol. The molecule has 0 bridgehead atoms. The number of aromatic amines is 1. The summed E-state index contributed by atoms with van der Waals surface area (Å²) in [6, 6.07) is 0. The molecule has 1 saturated carbocycles. The number of hydrogen-bond acceptors (Lipinski definition) is 3. The smallest absolute Gasteiger partial charge is 0.275 e. The summed E-state index contributed by atoms with van der Waals surface area (Å²) in [5.41, 5.74) is 1.17. The van der Waals surface area contributed by atoms with Crippen molar-refractivity contribution in [2.75, 3.05) is 19.6 Å². The number of nitrogens with one attached hydrogen (secondary N) is 2. The molecule has 1 aromatic rings. The van der Waals surface area contributed by atoms with Gasteiger partial charge in [0.1, 0.15) is 0 Å². The molecule has 2 heterocycles. The van der Waals surface area contributed by atoms with Gasteiger partial charge in [0.15, 0.2) is 5.69 Å². The molecule has 1 atom stereocenters. The van der Waals surface area contributed by atoms with Crippen molar-refractivity contribution in [2.24, 2.45) is 5.92 Å². The number of rotatable bonds is 5. The minimum atomic E-state index is -0.175. The number of amides is 2. The molecule has 2 N–H and O–H groups in total. The molecule has 0 spiro atoms. The van der Waals surface area contributed by atoms with Crippen LogP contribution >= 0.6 is 11.6 Å². The molecule has 0 radical (unpaired) electrons. The summed E-state index contributed by atoms with van der Waals surface area (Å²) in [5, 5.41) is 10.4. The first-order chi connectivity index (χ1) is 11.1. The fourth-order valence-electron chi connectivity index (χ4n) is 3.04. The van der Waals surface area contributed by atoms with E-state index >= 15 is 0 Å². The maximum Gasteiger partial charge on any atom is 0.275 e. The predicted octanol–water partition coefficient (Wildman–Crippen LogP) is 2.32. The van der Waals surface area contributed by atoms with Crippen molar-refractivity contribution in [3.8, 4) is 0 Å². The molecule has 0 unspecified atom stereocenters. The number of likely N-dealkylation sites (tertiary alicyclic amines) is 1. The molecule has 1 aromatic heterocycles. The van der Waals surface area contributed by atoms with Gasteiger partial charge >= 0.3 is 0 Å². The van der Waals surface area contributed by atoms with Crippen molar-refractivity contribution in [1.29, 1.82) is 0 Å². The van der Waals surface area contributed by atoms with Gasteiger partial charge in [0.05, 0.1) is 16.6 Å². The monoisotopic (exact) mass is 338 g/mol. The Morgan fingerprint density at radius 2 is 2.17 bits per heavy atom.